The minimum Gasteiger partial charge on any atom is -0.317 e. The first kappa shape index (κ1) is 14.5. The monoisotopic (exact) mass is 260 g/mol. The maximum Gasteiger partial charge on any atom is 0.0346 e. The molecule has 0 aliphatic heterocycles. The molecule has 0 radical (unpaired) electrons. The van der Waals surface area contributed by atoms with E-state index in [0.29, 0.717) is 6.04 Å². The van der Waals surface area contributed by atoms with Crippen LogP contribution in [0.2, 0.25) is 0 Å². The van der Waals surface area contributed by atoms with Gasteiger partial charge in [-0.3, -0.25) is 0 Å². The molecule has 1 atom stereocenters. The van der Waals surface area contributed by atoms with Crippen LogP contribution in [0.3, 0.4) is 0 Å². The molecule has 1 aliphatic carbocycles. The molecule has 0 saturated heterocycles. The minimum absolute atomic E-state index is 0.517. The molecule has 2 N–H and O–H groups in total. The van der Waals surface area contributed by atoms with Crippen molar-refractivity contribution in [1.29, 1.82) is 0 Å². The standard InChI is InChI=1S/C17H28N2/c1-4-13-5-7-14(8-6-13)17(19-3)15-9-11-16(18-2)12-10-15/h5-8,15-19H,4,9-12H2,1-3H3. The zero-order valence-electron chi connectivity index (χ0n) is 12.6. The Kier molecular flexibility index (Phi) is 5.41. The van der Waals surface area contributed by atoms with E-state index in [9.17, 15) is 0 Å². The predicted octanol–water partition coefficient (Wildman–Crippen LogP) is 3.29. The van der Waals surface area contributed by atoms with Gasteiger partial charge in [0.1, 0.15) is 0 Å². The topological polar surface area (TPSA) is 24.1 Å². The van der Waals surface area contributed by atoms with Crippen molar-refractivity contribution in [3.63, 3.8) is 0 Å². The van der Waals surface area contributed by atoms with Gasteiger partial charge in [-0.15, -0.1) is 0 Å². The first-order valence-electron chi connectivity index (χ1n) is 7.71. The number of rotatable bonds is 5. The van der Waals surface area contributed by atoms with Crippen LogP contribution in [0.15, 0.2) is 24.3 Å². The van der Waals surface area contributed by atoms with Gasteiger partial charge in [0.2, 0.25) is 0 Å². The Bertz CT molecular complexity index is 363. The van der Waals surface area contributed by atoms with Crippen LogP contribution in [0, 0.1) is 5.92 Å². The summed E-state index contributed by atoms with van der Waals surface area (Å²) in [5, 5.41) is 6.95. The maximum absolute atomic E-state index is 3.54. The van der Waals surface area contributed by atoms with Crippen LogP contribution in [0.5, 0.6) is 0 Å². The van der Waals surface area contributed by atoms with Gasteiger partial charge in [-0.1, -0.05) is 31.2 Å². The second-order valence-electron chi connectivity index (χ2n) is 5.76. The molecule has 0 amide bonds. The van der Waals surface area contributed by atoms with E-state index in [1.807, 2.05) is 0 Å². The van der Waals surface area contributed by atoms with Gasteiger partial charge in [-0.25, -0.2) is 0 Å². The molecule has 1 aliphatic rings. The fourth-order valence-corrected chi connectivity index (χ4v) is 3.38. The molecule has 0 bridgehead atoms. The summed E-state index contributed by atoms with van der Waals surface area (Å²) in [6.45, 7) is 2.21. The molecule has 2 heteroatoms. The summed E-state index contributed by atoms with van der Waals surface area (Å²) < 4.78 is 0. The van der Waals surface area contributed by atoms with E-state index in [1.165, 1.54) is 36.8 Å². The third-order valence-corrected chi connectivity index (χ3v) is 4.71. The fraction of sp³-hybridized carbons (Fsp3) is 0.647. The highest BCUT2D eigenvalue weighted by Crippen LogP contribution is 2.34. The summed E-state index contributed by atoms with van der Waals surface area (Å²) in [6, 6.07) is 10.4. The molecule has 1 fully saturated rings. The van der Waals surface area contributed by atoms with Crippen LogP contribution < -0.4 is 10.6 Å². The largest absolute Gasteiger partial charge is 0.317 e. The SMILES string of the molecule is CCc1ccc(C(NC)C2CCC(NC)CC2)cc1. The summed E-state index contributed by atoms with van der Waals surface area (Å²) in [5.74, 6) is 0.780. The van der Waals surface area contributed by atoms with E-state index >= 15 is 0 Å². The highest BCUT2D eigenvalue weighted by molar-refractivity contribution is 5.25. The smallest absolute Gasteiger partial charge is 0.0346 e. The van der Waals surface area contributed by atoms with Crippen molar-refractivity contribution in [2.75, 3.05) is 14.1 Å². The number of hydrogen-bond donors (Lipinski definition) is 2. The van der Waals surface area contributed by atoms with Gasteiger partial charge in [0.05, 0.1) is 0 Å². The lowest BCUT2D eigenvalue weighted by Gasteiger charge is -2.34. The molecule has 1 aromatic carbocycles. The molecule has 1 saturated carbocycles. The summed E-state index contributed by atoms with van der Waals surface area (Å²) in [6.07, 6.45) is 6.40. The predicted molar refractivity (Wildman–Crippen MR) is 82.4 cm³/mol. The summed E-state index contributed by atoms with van der Waals surface area (Å²) >= 11 is 0. The van der Waals surface area contributed by atoms with E-state index in [2.05, 4.69) is 55.9 Å². The zero-order chi connectivity index (χ0) is 13.7. The zero-order valence-corrected chi connectivity index (χ0v) is 12.6. The molecule has 2 nitrogen and oxygen atoms in total. The number of nitrogens with one attached hydrogen (secondary N) is 2. The van der Waals surface area contributed by atoms with Crippen molar-refractivity contribution in [3.05, 3.63) is 35.4 Å². The number of benzene rings is 1. The molecule has 1 aromatic rings. The second-order valence-corrected chi connectivity index (χ2v) is 5.76. The second kappa shape index (κ2) is 7.06. The summed E-state index contributed by atoms with van der Waals surface area (Å²) in [4.78, 5) is 0. The highest BCUT2D eigenvalue weighted by Gasteiger charge is 2.26. The van der Waals surface area contributed by atoms with Crippen molar-refractivity contribution < 1.29 is 0 Å². The molecule has 2 rings (SSSR count). The minimum atomic E-state index is 0.517. The Labute approximate surface area is 118 Å². The Morgan fingerprint density at radius 1 is 1.05 bits per heavy atom. The Hall–Kier alpha value is -0.860. The summed E-state index contributed by atoms with van der Waals surface area (Å²) in [7, 11) is 4.19. The Morgan fingerprint density at radius 2 is 1.68 bits per heavy atom. The van der Waals surface area contributed by atoms with Crippen LogP contribution in [-0.4, -0.2) is 20.1 Å². The van der Waals surface area contributed by atoms with Crippen molar-refractivity contribution in [2.45, 2.75) is 51.1 Å². The van der Waals surface area contributed by atoms with Crippen molar-refractivity contribution in [1.82, 2.24) is 10.6 Å². The molecule has 106 valence electrons. The lowest BCUT2D eigenvalue weighted by Crippen LogP contribution is -2.34. The number of aryl methyl sites for hydroxylation is 1. The normalized spacial score (nSPS) is 25.2. The van der Waals surface area contributed by atoms with E-state index < -0.39 is 0 Å². The molecule has 19 heavy (non-hydrogen) atoms. The van der Waals surface area contributed by atoms with Gasteiger partial charge in [-0.2, -0.15) is 0 Å². The molecular formula is C17H28N2. The first-order valence-corrected chi connectivity index (χ1v) is 7.71. The van der Waals surface area contributed by atoms with Crippen LogP contribution >= 0.6 is 0 Å². The lowest BCUT2D eigenvalue weighted by atomic mass is 9.79. The fourth-order valence-electron chi connectivity index (χ4n) is 3.38. The average molecular weight is 260 g/mol. The molecule has 0 heterocycles. The third kappa shape index (κ3) is 3.58. The van der Waals surface area contributed by atoms with Gasteiger partial charge in [0.25, 0.3) is 0 Å². The van der Waals surface area contributed by atoms with E-state index in [4.69, 9.17) is 0 Å². The van der Waals surface area contributed by atoms with Crippen molar-refractivity contribution in [2.24, 2.45) is 5.92 Å². The highest BCUT2D eigenvalue weighted by atomic mass is 14.9. The maximum atomic E-state index is 3.54. The van der Waals surface area contributed by atoms with Crippen molar-refractivity contribution in [3.8, 4) is 0 Å². The van der Waals surface area contributed by atoms with E-state index in [0.717, 1.165) is 18.4 Å². The van der Waals surface area contributed by atoms with Gasteiger partial charge >= 0.3 is 0 Å². The summed E-state index contributed by atoms with van der Waals surface area (Å²) in [5.41, 5.74) is 2.88. The lowest BCUT2D eigenvalue weighted by molar-refractivity contribution is 0.248. The van der Waals surface area contributed by atoms with Gasteiger partial charge < -0.3 is 10.6 Å². The van der Waals surface area contributed by atoms with E-state index in [-0.39, 0.29) is 0 Å². The third-order valence-electron chi connectivity index (χ3n) is 4.71. The molecular weight excluding hydrogens is 232 g/mol. The van der Waals surface area contributed by atoms with Crippen LogP contribution in [0.25, 0.3) is 0 Å². The van der Waals surface area contributed by atoms with Gasteiger partial charge in [0, 0.05) is 12.1 Å². The van der Waals surface area contributed by atoms with Crippen LogP contribution in [0.1, 0.15) is 49.8 Å². The Balaban J connectivity index is 2.03. The first-order chi connectivity index (χ1) is 9.28. The Morgan fingerprint density at radius 3 is 2.16 bits per heavy atom. The van der Waals surface area contributed by atoms with Crippen molar-refractivity contribution >= 4 is 0 Å². The molecule has 0 aromatic heterocycles. The average Bonchev–Trinajstić information content (AvgIpc) is 2.49. The molecule has 0 spiro atoms. The van der Waals surface area contributed by atoms with Crippen LogP contribution in [0.4, 0.5) is 0 Å². The molecule has 1 unspecified atom stereocenters. The van der Waals surface area contributed by atoms with Crippen LogP contribution in [-0.2, 0) is 6.42 Å². The number of hydrogen-bond acceptors (Lipinski definition) is 2. The van der Waals surface area contributed by atoms with Gasteiger partial charge in [-0.05, 0) is 63.2 Å². The quantitative estimate of drug-likeness (QED) is 0.849. The van der Waals surface area contributed by atoms with E-state index in [1.54, 1.807) is 0 Å². The van der Waals surface area contributed by atoms with Gasteiger partial charge in [0.15, 0.2) is 0 Å².